The second kappa shape index (κ2) is 8.37. The number of benzene rings is 2. The molecule has 0 bridgehead atoms. The van der Waals surface area contributed by atoms with Gasteiger partial charge in [0.25, 0.3) is 0 Å². The average Bonchev–Trinajstić information content (AvgIpc) is 2.61. The molecule has 124 valence electrons. The van der Waals surface area contributed by atoms with Crippen molar-refractivity contribution in [2.45, 2.75) is 26.4 Å². The molecule has 0 aliphatic rings. The first-order chi connectivity index (χ1) is 11.6. The van der Waals surface area contributed by atoms with Gasteiger partial charge in [-0.25, -0.2) is 0 Å². The van der Waals surface area contributed by atoms with Crippen LogP contribution in [0.1, 0.15) is 31.4 Å². The van der Waals surface area contributed by atoms with Gasteiger partial charge in [0.15, 0.2) is 11.5 Å². The van der Waals surface area contributed by atoms with Gasteiger partial charge in [-0.05, 0) is 55.3 Å². The van der Waals surface area contributed by atoms with Gasteiger partial charge in [0.2, 0.25) is 0 Å². The first-order valence-corrected chi connectivity index (χ1v) is 8.03. The fraction of sp³-hybridized carbons (Fsp3) is 0.263. The van der Waals surface area contributed by atoms with Gasteiger partial charge in [-0.15, -0.1) is 0 Å². The molecule has 1 atom stereocenters. The van der Waals surface area contributed by atoms with Gasteiger partial charge in [0.1, 0.15) is 0 Å². The smallest absolute Gasteiger partial charge is 0.180 e. The molecule has 0 aliphatic heterocycles. The van der Waals surface area contributed by atoms with Gasteiger partial charge in [0, 0.05) is 6.21 Å². The molecule has 0 aromatic heterocycles. The Bertz CT molecular complexity index is 764. The number of nitriles is 1. The van der Waals surface area contributed by atoms with E-state index in [0.29, 0.717) is 22.1 Å². The largest absolute Gasteiger partial charge is 0.493 e. The van der Waals surface area contributed by atoms with Crippen molar-refractivity contribution in [3.05, 3.63) is 52.5 Å². The summed E-state index contributed by atoms with van der Waals surface area (Å²) >= 11 is 6.33. The summed E-state index contributed by atoms with van der Waals surface area (Å²) in [4.78, 5) is 4.39. The van der Waals surface area contributed by atoms with Crippen molar-refractivity contribution < 1.29 is 9.47 Å². The van der Waals surface area contributed by atoms with Crippen LogP contribution in [0.15, 0.2) is 41.4 Å². The molecule has 0 N–H and O–H groups in total. The maximum atomic E-state index is 8.80. The Balaban J connectivity index is 2.26. The van der Waals surface area contributed by atoms with Crippen LogP contribution in [0.4, 0.5) is 5.69 Å². The highest BCUT2D eigenvalue weighted by Crippen LogP contribution is 2.37. The van der Waals surface area contributed by atoms with Crippen molar-refractivity contribution in [2.24, 2.45) is 4.99 Å². The van der Waals surface area contributed by atoms with Crippen LogP contribution >= 0.6 is 11.6 Å². The molecule has 0 heterocycles. The van der Waals surface area contributed by atoms with Crippen LogP contribution in [0.25, 0.3) is 0 Å². The molecular weight excluding hydrogens is 324 g/mol. The minimum absolute atomic E-state index is 0.0505. The molecule has 0 aliphatic carbocycles. The van der Waals surface area contributed by atoms with Crippen molar-refractivity contribution in [1.82, 2.24) is 0 Å². The number of hydrogen-bond acceptors (Lipinski definition) is 4. The Hall–Kier alpha value is -2.51. The van der Waals surface area contributed by atoms with E-state index in [2.05, 4.69) is 11.1 Å². The summed E-state index contributed by atoms with van der Waals surface area (Å²) in [5.41, 5.74) is 2.16. The predicted molar refractivity (Wildman–Crippen MR) is 96.8 cm³/mol. The second-order valence-corrected chi connectivity index (χ2v) is 5.69. The Morgan fingerprint density at radius 1 is 1.29 bits per heavy atom. The molecule has 0 unspecified atom stereocenters. The van der Waals surface area contributed by atoms with E-state index in [1.54, 1.807) is 43.7 Å². The normalized spacial score (nSPS) is 12.0. The van der Waals surface area contributed by atoms with Crippen LogP contribution in [0.2, 0.25) is 5.02 Å². The first-order valence-electron chi connectivity index (χ1n) is 7.65. The zero-order valence-corrected chi connectivity index (χ0v) is 14.7. The number of ether oxygens (including phenoxy) is 2. The minimum Gasteiger partial charge on any atom is -0.493 e. The van der Waals surface area contributed by atoms with Gasteiger partial charge in [0.05, 0.1) is 35.6 Å². The third-order valence-electron chi connectivity index (χ3n) is 3.50. The highest BCUT2D eigenvalue weighted by atomic mass is 35.5. The molecule has 0 fully saturated rings. The molecule has 0 spiro atoms. The lowest BCUT2D eigenvalue weighted by atomic mass is 10.2. The fourth-order valence-corrected chi connectivity index (χ4v) is 2.25. The molecule has 0 radical (unpaired) electrons. The number of aliphatic imine (C=N–C) groups is 1. The van der Waals surface area contributed by atoms with E-state index in [-0.39, 0.29) is 6.10 Å². The Kier molecular flexibility index (Phi) is 6.22. The Morgan fingerprint density at radius 3 is 2.58 bits per heavy atom. The summed E-state index contributed by atoms with van der Waals surface area (Å²) in [6, 6.07) is 12.7. The lowest BCUT2D eigenvalue weighted by molar-refractivity contribution is 0.208. The van der Waals surface area contributed by atoms with Crippen molar-refractivity contribution in [2.75, 3.05) is 7.11 Å². The van der Waals surface area contributed by atoms with Gasteiger partial charge < -0.3 is 9.47 Å². The van der Waals surface area contributed by atoms with Gasteiger partial charge in [-0.2, -0.15) is 5.26 Å². The molecule has 0 amide bonds. The van der Waals surface area contributed by atoms with Crippen molar-refractivity contribution in [1.29, 1.82) is 5.26 Å². The average molecular weight is 343 g/mol. The van der Waals surface area contributed by atoms with Gasteiger partial charge in [-0.1, -0.05) is 18.5 Å². The maximum absolute atomic E-state index is 8.80. The van der Waals surface area contributed by atoms with E-state index >= 15 is 0 Å². The quantitative estimate of drug-likeness (QED) is 0.682. The number of rotatable bonds is 6. The van der Waals surface area contributed by atoms with Crippen molar-refractivity contribution in [3.63, 3.8) is 0 Å². The second-order valence-electron chi connectivity index (χ2n) is 5.29. The Morgan fingerprint density at radius 2 is 2.00 bits per heavy atom. The Labute approximate surface area is 147 Å². The highest BCUT2D eigenvalue weighted by Gasteiger charge is 2.13. The van der Waals surface area contributed by atoms with E-state index < -0.39 is 0 Å². The van der Waals surface area contributed by atoms with Crippen LogP contribution < -0.4 is 9.47 Å². The molecule has 2 aromatic carbocycles. The number of halogens is 1. The third kappa shape index (κ3) is 4.50. The summed E-state index contributed by atoms with van der Waals surface area (Å²) < 4.78 is 11.2. The monoisotopic (exact) mass is 342 g/mol. The molecule has 24 heavy (non-hydrogen) atoms. The molecule has 0 saturated heterocycles. The molecule has 4 nitrogen and oxygen atoms in total. The highest BCUT2D eigenvalue weighted by molar-refractivity contribution is 6.32. The van der Waals surface area contributed by atoms with Crippen molar-refractivity contribution >= 4 is 23.5 Å². The van der Waals surface area contributed by atoms with Gasteiger partial charge in [-0.3, -0.25) is 4.99 Å². The van der Waals surface area contributed by atoms with Crippen LogP contribution in [-0.2, 0) is 0 Å². The topological polar surface area (TPSA) is 54.6 Å². The SMILES string of the molecule is CC[C@H](C)Oc1c(Cl)cc(C=Nc2ccc(C#N)cc2)cc1OC. The molecule has 5 heteroatoms. The summed E-state index contributed by atoms with van der Waals surface area (Å²) in [6.07, 6.45) is 2.62. The van der Waals surface area contributed by atoms with Gasteiger partial charge >= 0.3 is 0 Å². The zero-order valence-electron chi connectivity index (χ0n) is 13.9. The van der Waals surface area contributed by atoms with E-state index in [0.717, 1.165) is 17.7 Å². The van der Waals surface area contributed by atoms with Crippen LogP contribution in [0.5, 0.6) is 11.5 Å². The lowest BCUT2D eigenvalue weighted by Gasteiger charge is -2.17. The first kappa shape index (κ1) is 17.8. The summed E-state index contributed by atoms with van der Waals surface area (Å²) in [5.74, 6) is 1.12. The lowest BCUT2D eigenvalue weighted by Crippen LogP contribution is -2.11. The molecular formula is C19H19ClN2O2. The predicted octanol–water partition coefficient (Wildman–Crippen LogP) is 5.15. The summed E-state index contributed by atoms with van der Waals surface area (Å²) in [7, 11) is 1.58. The minimum atomic E-state index is 0.0505. The standard InChI is InChI=1S/C19H19ClN2O2/c1-4-13(2)24-19-17(20)9-15(10-18(19)23-3)12-22-16-7-5-14(11-21)6-8-16/h5-10,12-13H,4H2,1-3H3/t13-/m0/s1. The fourth-order valence-electron chi connectivity index (χ4n) is 1.98. The third-order valence-corrected chi connectivity index (χ3v) is 3.79. The summed E-state index contributed by atoms with van der Waals surface area (Å²) in [5, 5.41) is 9.28. The zero-order chi connectivity index (χ0) is 17.5. The molecule has 0 saturated carbocycles. The molecule has 2 rings (SSSR count). The van der Waals surface area contributed by atoms with E-state index in [1.165, 1.54) is 0 Å². The number of methoxy groups -OCH3 is 1. The maximum Gasteiger partial charge on any atom is 0.180 e. The van der Waals surface area contributed by atoms with Crippen LogP contribution in [0, 0.1) is 11.3 Å². The van der Waals surface area contributed by atoms with E-state index in [1.807, 2.05) is 19.9 Å². The van der Waals surface area contributed by atoms with E-state index in [9.17, 15) is 0 Å². The van der Waals surface area contributed by atoms with Crippen molar-refractivity contribution in [3.8, 4) is 17.6 Å². The van der Waals surface area contributed by atoms with Crippen LogP contribution in [-0.4, -0.2) is 19.4 Å². The molecule has 2 aromatic rings. The number of nitrogens with zero attached hydrogens (tertiary/aromatic N) is 2. The van der Waals surface area contributed by atoms with Crippen LogP contribution in [0.3, 0.4) is 0 Å². The summed E-state index contributed by atoms with van der Waals surface area (Å²) in [6.45, 7) is 4.03. The van der Waals surface area contributed by atoms with E-state index in [4.69, 9.17) is 26.3 Å². The number of hydrogen-bond donors (Lipinski definition) is 0.